The van der Waals surface area contributed by atoms with E-state index in [9.17, 15) is 14.4 Å². The van der Waals surface area contributed by atoms with E-state index in [2.05, 4.69) is 0 Å². The highest BCUT2D eigenvalue weighted by Crippen LogP contribution is 2.34. The molecule has 2 heterocycles. The molecule has 182 valence electrons. The lowest BCUT2D eigenvalue weighted by molar-refractivity contribution is -0.121. The molecule has 35 heavy (non-hydrogen) atoms. The van der Waals surface area contributed by atoms with Gasteiger partial charge in [0.25, 0.3) is 11.8 Å². The van der Waals surface area contributed by atoms with Gasteiger partial charge in [0.05, 0.1) is 12.2 Å². The molecule has 2 amide bonds. The molecule has 8 nitrogen and oxygen atoms in total. The molecule has 8 heteroatoms. The number of aryl methyl sites for hydroxylation is 1. The van der Waals surface area contributed by atoms with E-state index in [0.29, 0.717) is 41.6 Å². The number of carbonyl (C=O) groups is 3. The van der Waals surface area contributed by atoms with Gasteiger partial charge in [-0.3, -0.25) is 19.3 Å². The Bertz CT molecular complexity index is 1230. The topological polar surface area (TPSA) is 89.3 Å². The van der Waals surface area contributed by atoms with Gasteiger partial charge in [-0.15, -0.1) is 0 Å². The first-order valence-electron chi connectivity index (χ1n) is 11.6. The SMILES string of the molecule is CCN(CC)C(=O)c1ccc(CN2C(=O)COc3ccc(C(=O)COc4ccc(C)cc4)cc32)o1. The normalized spacial score (nSPS) is 12.7. The first-order valence-corrected chi connectivity index (χ1v) is 11.6. The number of nitrogens with zero attached hydrogens (tertiary/aromatic N) is 2. The van der Waals surface area contributed by atoms with Crippen LogP contribution in [0.1, 0.15) is 46.1 Å². The molecule has 2 aromatic carbocycles. The summed E-state index contributed by atoms with van der Waals surface area (Å²) in [6, 6.07) is 15.7. The van der Waals surface area contributed by atoms with Crippen LogP contribution in [0.2, 0.25) is 0 Å². The van der Waals surface area contributed by atoms with Crippen LogP contribution in [0.4, 0.5) is 5.69 Å². The van der Waals surface area contributed by atoms with Gasteiger partial charge in [0, 0.05) is 18.7 Å². The average molecular weight is 477 g/mol. The Labute approximate surface area is 204 Å². The molecule has 1 aliphatic heterocycles. The van der Waals surface area contributed by atoms with Gasteiger partial charge in [-0.25, -0.2) is 0 Å². The summed E-state index contributed by atoms with van der Waals surface area (Å²) in [4.78, 5) is 41.2. The van der Waals surface area contributed by atoms with Crippen LogP contribution >= 0.6 is 0 Å². The van der Waals surface area contributed by atoms with Crippen molar-refractivity contribution in [2.45, 2.75) is 27.3 Å². The number of carbonyl (C=O) groups excluding carboxylic acids is 3. The Kier molecular flexibility index (Phi) is 7.19. The lowest BCUT2D eigenvalue weighted by Crippen LogP contribution is -2.38. The maximum atomic E-state index is 12.8. The van der Waals surface area contributed by atoms with Gasteiger partial charge in [0.15, 0.2) is 24.8 Å². The number of anilines is 1. The minimum absolute atomic E-state index is 0.109. The van der Waals surface area contributed by atoms with Gasteiger partial charge in [-0.1, -0.05) is 17.7 Å². The molecule has 3 aromatic rings. The zero-order chi connectivity index (χ0) is 24.9. The van der Waals surface area contributed by atoms with Crippen molar-refractivity contribution < 1.29 is 28.3 Å². The summed E-state index contributed by atoms with van der Waals surface area (Å²) in [7, 11) is 0. The van der Waals surface area contributed by atoms with Crippen molar-refractivity contribution in [3.8, 4) is 11.5 Å². The summed E-state index contributed by atoms with van der Waals surface area (Å²) in [6.45, 7) is 6.78. The molecule has 0 saturated carbocycles. The summed E-state index contributed by atoms with van der Waals surface area (Å²) in [5, 5.41) is 0. The predicted molar refractivity (Wildman–Crippen MR) is 130 cm³/mol. The van der Waals surface area contributed by atoms with Crippen molar-refractivity contribution >= 4 is 23.3 Å². The molecule has 4 rings (SSSR count). The fourth-order valence-electron chi connectivity index (χ4n) is 3.82. The summed E-state index contributed by atoms with van der Waals surface area (Å²) >= 11 is 0. The molecular weight excluding hydrogens is 448 g/mol. The maximum absolute atomic E-state index is 12.8. The fourth-order valence-corrected chi connectivity index (χ4v) is 3.82. The second kappa shape index (κ2) is 10.5. The first-order chi connectivity index (χ1) is 16.9. The zero-order valence-corrected chi connectivity index (χ0v) is 20.1. The number of hydrogen-bond donors (Lipinski definition) is 0. The zero-order valence-electron chi connectivity index (χ0n) is 20.1. The number of amides is 2. The van der Waals surface area contributed by atoms with Crippen molar-refractivity contribution in [3.63, 3.8) is 0 Å². The van der Waals surface area contributed by atoms with E-state index < -0.39 is 0 Å². The molecule has 0 aliphatic carbocycles. The highest BCUT2D eigenvalue weighted by molar-refractivity contribution is 6.02. The van der Waals surface area contributed by atoms with E-state index in [1.807, 2.05) is 45.0 Å². The van der Waals surface area contributed by atoms with E-state index in [4.69, 9.17) is 13.9 Å². The second-order valence-electron chi connectivity index (χ2n) is 8.22. The molecule has 0 saturated heterocycles. The largest absolute Gasteiger partial charge is 0.485 e. The number of rotatable bonds is 9. The second-order valence-corrected chi connectivity index (χ2v) is 8.22. The van der Waals surface area contributed by atoms with Gasteiger partial charge in [-0.05, 0) is 63.2 Å². The van der Waals surface area contributed by atoms with E-state index in [-0.39, 0.29) is 43.1 Å². The number of ether oxygens (including phenoxy) is 2. The minimum atomic E-state index is -0.272. The maximum Gasteiger partial charge on any atom is 0.289 e. The van der Waals surface area contributed by atoms with Crippen LogP contribution in [-0.4, -0.2) is 48.8 Å². The van der Waals surface area contributed by atoms with Crippen LogP contribution in [0.5, 0.6) is 11.5 Å². The Morgan fingerprint density at radius 2 is 1.77 bits per heavy atom. The molecule has 0 fully saturated rings. The Balaban J connectivity index is 1.50. The Hall–Kier alpha value is -4.07. The molecular formula is C27H28N2O6. The fraction of sp³-hybridized carbons (Fsp3) is 0.296. The van der Waals surface area contributed by atoms with Crippen LogP contribution in [0.25, 0.3) is 0 Å². The van der Waals surface area contributed by atoms with Crippen LogP contribution in [0.3, 0.4) is 0 Å². The van der Waals surface area contributed by atoms with Crippen molar-refractivity contribution in [1.29, 1.82) is 0 Å². The number of furan rings is 1. The van der Waals surface area contributed by atoms with E-state index in [1.165, 1.54) is 4.90 Å². The molecule has 0 bridgehead atoms. The molecule has 0 spiro atoms. The third-order valence-electron chi connectivity index (χ3n) is 5.85. The average Bonchev–Trinajstić information content (AvgIpc) is 3.34. The summed E-state index contributed by atoms with van der Waals surface area (Å²) in [5.74, 6) is 1.09. The van der Waals surface area contributed by atoms with E-state index in [0.717, 1.165) is 5.56 Å². The Morgan fingerprint density at radius 3 is 2.49 bits per heavy atom. The van der Waals surface area contributed by atoms with Crippen LogP contribution in [0.15, 0.2) is 59.0 Å². The number of hydrogen-bond acceptors (Lipinski definition) is 6. The summed E-state index contributed by atoms with van der Waals surface area (Å²) in [5.41, 5.74) is 1.97. The number of Topliss-reactive ketones (excluding diaryl/α,β-unsaturated/α-hetero) is 1. The van der Waals surface area contributed by atoms with Crippen LogP contribution in [-0.2, 0) is 11.3 Å². The van der Waals surface area contributed by atoms with E-state index in [1.54, 1.807) is 35.2 Å². The first kappa shape index (κ1) is 24.1. The molecule has 0 unspecified atom stereocenters. The molecule has 0 radical (unpaired) electrons. The highest BCUT2D eigenvalue weighted by atomic mass is 16.5. The molecule has 0 N–H and O–H groups in total. The van der Waals surface area contributed by atoms with Crippen molar-refractivity contribution in [3.05, 3.63) is 77.2 Å². The van der Waals surface area contributed by atoms with Gasteiger partial charge in [0.1, 0.15) is 17.3 Å². The number of ketones is 1. The third-order valence-corrected chi connectivity index (χ3v) is 5.85. The van der Waals surface area contributed by atoms with Crippen molar-refractivity contribution in [2.24, 2.45) is 0 Å². The number of fused-ring (bicyclic) bond motifs is 1. The van der Waals surface area contributed by atoms with Gasteiger partial charge in [-0.2, -0.15) is 0 Å². The standard InChI is InChI=1S/C27H28N2O6/c1-4-28(5-2)27(32)25-13-11-21(35-25)15-29-22-14-19(8-12-24(22)34-17-26(29)31)23(30)16-33-20-9-6-18(3)7-10-20/h6-14H,4-5,15-17H2,1-3H3. The quantitative estimate of drug-likeness (QED) is 0.429. The van der Waals surface area contributed by atoms with Crippen LogP contribution < -0.4 is 14.4 Å². The molecule has 0 atom stereocenters. The van der Waals surface area contributed by atoms with Gasteiger partial charge >= 0.3 is 0 Å². The van der Waals surface area contributed by atoms with Crippen LogP contribution in [0, 0.1) is 6.92 Å². The van der Waals surface area contributed by atoms with Gasteiger partial charge < -0.3 is 18.8 Å². The van der Waals surface area contributed by atoms with Gasteiger partial charge in [0.2, 0.25) is 0 Å². The highest BCUT2D eigenvalue weighted by Gasteiger charge is 2.28. The number of benzene rings is 2. The summed E-state index contributed by atoms with van der Waals surface area (Å²) < 4.78 is 16.9. The molecule has 1 aliphatic rings. The monoisotopic (exact) mass is 476 g/mol. The van der Waals surface area contributed by atoms with E-state index >= 15 is 0 Å². The predicted octanol–water partition coefficient (Wildman–Crippen LogP) is 4.26. The Morgan fingerprint density at radius 1 is 1.03 bits per heavy atom. The minimum Gasteiger partial charge on any atom is -0.485 e. The summed E-state index contributed by atoms with van der Waals surface area (Å²) in [6.07, 6.45) is 0. The lowest BCUT2D eigenvalue weighted by atomic mass is 10.1. The lowest BCUT2D eigenvalue weighted by Gasteiger charge is -2.29. The smallest absolute Gasteiger partial charge is 0.289 e. The van der Waals surface area contributed by atoms with Crippen molar-refractivity contribution in [1.82, 2.24) is 4.90 Å². The van der Waals surface area contributed by atoms with Crippen molar-refractivity contribution in [2.75, 3.05) is 31.2 Å². The third kappa shape index (κ3) is 5.37. The molecule has 1 aromatic heterocycles.